The molecule has 0 aliphatic carbocycles. The molecule has 0 saturated heterocycles. The lowest BCUT2D eigenvalue weighted by Crippen LogP contribution is -2.17. The summed E-state index contributed by atoms with van der Waals surface area (Å²) < 4.78 is 0.668. The van der Waals surface area contributed by atoms with Crippen LogP contribution in [0.25, 0.3) is 0 Å². The summed E-state index contributed by atoms with van der Waals surface area (Å²) in [4.78, 5) is 25.9. The van der Waals surface area contributed by atoms with Crippen molar-refractivity contribution in [3.8, 4) is 0 Å². The van der Waals surface area contributed by atoms with Gasteiger partial charge in [-0.3, -0.25) is 9.59 Å². The van der Waals surface area contributed by atoms with Gasteiger partial charge in [0.2, 0.25) is 5.91 Å². The van der Waals surface area contributed by atoms with Crippen LogP contribution in [0.15, 0.2) is 28.0 Å². The Morgan fingerprint density at radius 2 is 2.00 bits per heavy atom. The van der Waals surface area contributed by atoms with Crippen LogP contribution >= 0.6 is 15.9 Å². The molecule has 1 aromatic rings. The quantitative estimate of drug-likeness (QED) is 0.308. The molecule has 6 nitrogen and oxygen atoms in total. The maximum atomic E-state index is 11.5. The van der Waals surface area contributed by atoms with Crippen molar-refractivity contribution in [1.82, 2.24) is 10.4 Å². The number of amides is 1. The van der Waals surface area contributed by atoms with Crippen molar-refractivity contribution in [2.24, 2.45) is 5.10 Å². The Labute approximate surface area is 131 Å². The Balaban J connectivity index is 2.14. The highest BCUT2D eigenvalue weighted by atomic mass is 79.9. The van der Waals surface area contributed by atoms with E-state index in [1.165, 1.54) is 6.21 Å². The van der Waals surface area contributed by atoms with Gasteiger partial charge in [-0.05, 0) is 40.9 Å². The first-order valence-electron chi connectivity index (χ1n) is 6.74. The molecule has 1 heterocycles. The first-order chi connectivity index (χ1) is 10.1. The number of carbonyl (C=O) groups is 2. The molecule has 0 saturated carbocycles. The molecule has 1 rings (SSSR count). The number of nitrogens with zero attached hydrogens (tertiary/aromatic N) is 2. The number of hydrogen-bond donors (Lipinski definition) is 2. The molecule has 2 N–H and O–H groups in total. The van der Waals surface area contributed by atoms with E-state index in [0.717, 1.165) is 24.8 Å². The van der Waals surface area contributed by atoms with E-state index in [9.17, 15) is 9.59 Å². The molecular formula is C14H18BrN3O3. The molecule has 1 aromatic heterocycles. The smallest absolute Gasteiger partial charge is 0.303 e. The molecule has 0 radical (unpaired) electrons. The fourth-order valence-electron chi connectivity index (χ4n) is 1.64. The number of carboxylic acid groups (broad SMARTS) is 1. The maximum Gasteiger partial charge on any atom is 0.303 e. The van der Waals surface area contributed by atoms with Crippen LogP contribution in [0.1, 0.15) is 44.1 Å². The summed E-state index contributed by atoms with van der Waals surface area (Å²) in [6.45, 7) is 0. The number of pyridine rings is 1. The lowest BCUT2D eigenvalue weighted by atomic mass is 10.1. The second kappa shape index (κ2) is 10.0. The molecule has 0 unspecified atom stereocenters. The molecule has 0 spiro atoms. The minimum absolute atomic E-state index is 0.149. The topological polar surface area (TPSA) is 91.6 Å². The van der Waals surface area contributed by atoms with Crippen LogP contribution in [0.5, 0.6) is 0 Å². The summed E-state index contributed by atoms with van der Waals surface area (Å²) in [5.74, 6) is -0.923. The highest BCUT2D eigenvalue weighted by Crippen LogP contribution is 2.09. The normalized spacial score (nSPS) is 10.7. The van der Waals surface area contributed by atoms with Gasteiger partial charge in [0.1, 0.15) is 4.60 Å². The molecule has 0 aromatic carbocycles. The van der Waals surface area contributed by atoms with E-state index in [-0.39, 0.29) is 12.3 Å². The van der Waals surface area contributed by atoms with Crippen molar-refractivity contribution in [3.05, 3.63) is 28.5 Å². The van der Waals surface area contributed by atoms with E-state index in [2.05, 4.69) is 31.4 Å². The van der Waals surface area contributed by atoms with Gasteiger partial charge in [-0.2, -0.15) is 5.10 Å². The van der Waals surface area contributed by atoms with E-state index >= 15 is 0 Å². The monoisotopic (exact) mass is 355 g/mol. The van der Waals surface area contributed by atoms with Gasteiger partial charge >= 0.3 is 5.97 Å². The lowest BCUT2D eigenvalue weighted by molar-refractivity contribution is -0.137. The number of rotatable bonds is 9. The lowest BCUT2D eigenvalue weighted by Gasteiger charge is -2.00. The Hall–Kier alpha value is -1.76. The molecule has 21 heavy (non-hydrogen) atoms. The number of nitrogens with one attached hydrogen (secondary N) is 1. The van der Waals surface area contributed by atoms with Gasteiger partial charge in [-0.15, -0.1) is 0 Å². The summed E-state index contributed by atoms with van der Waals surface area (Å²) >= 11 is 3.28. The third kappa shape index (κ3) is 8.19. The number of carbonyl (C=O) groups excluding carboxylic acids is 1. The number of hydrogen-bond acceptors (Lipinski definition) is 4. The Bertz CT molecular complexity index is 506. The molecule has 0 aliphatic heterocycles. The summed E-state index contributed by atoms with van der Waals surface area (Å²) in [5, 5.41) is 12.3. The summed E-state index contributed by atoms with van der Waals surface area (Å²) in [6, 6.07) is 3.61. The fourth-order valence-corrected chi connectivity index (χ4v) is 1.99. The summed E-state index contributed by atoms with van der Waals surface area (Å²) in [7, 11) is 0. The van der Waals surface area contributed by atoms with Crippen molar-refractivity contribution in [3.63, 3.8) is 0 Å². The number of carboxylic acids is 1. The van der Waals surface area contributed by atoms with Crippen LogP contribution in [0.3, 0.4) is 0 Å². The first-order valence-corrected chi connectivity index (χ1v) is 7.53. The molecule has 0 bridgehead atoms. The predicted molar refractivity (Wildman–Crippen MR) is 83.0 cm³/mol. The molecule has 0 aliphatic rings. The maximum absolute atomic E-state index is 11.5. The van der Waals surface area contributed by atoms with Crippen LogP contribution in [0, 0.1) is 0 Å². The summed E-state index contributed by atoms with van der Waals surface area (Å²) in [6.07, 6.45) is 6.83. The third-order valence-electron chi connectivity index (χ3n) is 2.73. The van der Waals surface area contributed by atoms with Crippen molar-refractivity contribution < 1.29 is 14.7 Å². The molecule has 1 amide bonds. The third-order valence-corrected chi connectivity index (χ3v) is 3.39. The number of aromatic nitrogens is 1. The Morgan fingerprint density at radius 1 is 1.29 bits per heavy atom. The molecule has 7 heteroatoms. The Morgan fingerprint density at radius 3 is 2.67 bits per heavy atom. The van der Waals surface area contributed by atoms with Crippen LogP contribution in [-0.4, -0.2) is 28.2 Å². The average molecular weight is 356 g/mol. The van der Waals surface area contributed by atoms with Gasteiger partial charge in [-0.25, -0.2) is 10.4 Å². The van der Waals surface area contributed by atoms with Gasteiger partial charge in [0.25, 0.3) is 0 Å². The highest BCUT2D eigenvalue weighted by Gasteiger charge is 2.01. The minimum Gasteiger partial charge on any atom is -0.481 e. The van der Waals surface area contributed by atoms with Crippen LogP contribution in [-0.2, 0) is 9.59 Å². The van der Waals surface area contributed by atoms with Crippen molar-refractivity contribution in [2.45, 2.75) is 38.5 Å². The number of halogens is 1. The molecular weight excluding hydrogens is 338 g/mol. The van der Waals surface area contributed by atoms with Gasteiger partial charge < -0.3 is 5.11 Å². The van der Waals surface area contributed by atoms with Crippen LogP contribution < -0.4 is 5.43 Å². The van der Waals surface area contributed by atoms with E-state index in [4.69, 9.17) is 5.11 Å². The average Bonchev–Trinajstić information content (AvgIpc) is 2.44. The predicted octanol–water partition coefficient (Wildman–Crippen LogP) is 2.72. The highest BCUT2D eigenvalue weighted by molar-refractivity contribution is 9.10. The van der Waals surface area contributed by atoms with Gasteiger partial charge in [-0.1, -0.05) is 12.8 Å². The van der Waals surface area contributed by atoms with Crippen LogP contribution in [0.2, 0.25) is 0 Å². The zero-order valence-electron chi connectivity index (χ0n) is 11.6. The van der Waals surface area contributed by atoms with Gasteiger partial charge in [0.15, 0.2) is 0 Å². The number of hydrazone groups is 1. The first kappa shape index (κ1) is 17.3. The van der Waals surface area contributed by atoms with Gasteiger partial charge in [0, 0.05) is 24.6 Å². The van der Waals surface area contributed by atoms with Crippen molar-refractivity contribution >= 4 is 34.0 Å². The SMILES string of the molecule is O=C(O)CCCCCCC(=O)N/N=C/c1cccnc1Br. The van der Waals surface area contributed by atoms with Crippen molar-refractivity contribution in [2.75, 3.05) is 0 Å². The molecule has 0 fully saturated rings. The second-order valence-corrected chi connectivity index (χ2v) is 5.24. The zero-order chi connectivity index (χ0) is 15.5. The van der Waals surface area contributed by atoms with E-state index in [1.54, 1.807) is 12.3 Å². The van der Waals surface area contributed by atoms with Gasteiger partial charge in [0.05, 0.1) is 6.21 Å². The number of aliphatic carboxylic acids is 1. The van der Waals surface area contributed by atoms with E-state index in [0.29, 0.717) is 17.4 Å². The van der Waals surface area contributed by atoms with E-state index < -0.39 is 5.97 Å². The molecule has 114 valence electrons. The Kier molecular flexibility index (Phi) is 8.27. The summed E-state index contributed by atoms with van der Waals surface area (Å²) in [5.41, 5.74) is 3.24. The minimum atomic E-state index is -0.774. The fraction of sp³-hybridized carbons (Fsp3) is 0.429. The standard InChI is InChI=1S/C14H18BrN3O3/c15-14-11(6-5-9-16-14)10-17-18-12(19)7-3-1-2-4-8-13(20)21/h5-6,9-10H,1-4,7-8H2,(H,18,19)(H,20,21)/b17-10+. The van der Waals surface area contributed by atoms with E-state index in [1.807, 2.05) is 6.07 Å². The van der Waals surface area contributed by atoms with Crippen LogP contribution in [0.4, 0.5) is 0 Å². The zero-order valence-corrected chi connectivity index (χ0v) is 13.2. The molecule has 0 atom stereocenters. The van der Waals surface area contributed by atoms with Crippen molar-refractivity contribution in [1.29, 1.82) is 0 Å². The number of unbranched alkanes of at least 4 members (excludes halogenated alkanes) is 3. The largest absolute Gasteiger partial charge is 0.481 e. The second-order valence-electron chi connectivity index (χ2n) is 4.48.